The van der Waals surface area contributed by atoms with Crippen LogP contribution in [-0.2, 0) is 36.6 Å². The van der Waals surface area contributed by atoms with Crippen LogP contribution in [-0.4, -0.2) is 140 Å². The van der Waals surface area contributed by atoms with Crippen LogP contribution in [0.2, 0.25) is 0 Å². The van der Waals surface area contributed by atoms with Gasteiger partial charge in [0.25, 0.3) is 10.1 Å². The minimum absolute atomic E-state index is 0. The highest BCUT2D eigenvalue weighted by atomic mass is 32.2. The summed E-state index contributed by atoms with van der Waals surface area (Å²) in [5.41, 5.74) is 8.55. The zero-order chi connectivity index (χ0) is 50.3. The zero-order valence-corrected chi connectivity index (χ0v) is 42.7. The largest absolute Gasteiger partial charge is 0.507 e. The van der Waals surface area contributed by atoms with Gasteiger partial charge in [-0.1, -0.05) is 6.07 Å². The number of aromatic nitrogens is 6. The third-order valence-corrected chi connectivity index (χ3v) is 14.7. The topological polar surface area (TPSA) is 218 Å². The third kappa shape index (κ3) is 12.7. The molecule has 7 heterocycles. The summed E-state index contributed by atoms with van der Waals surface area (Å²) in [6.45, 7) is 11.9. The first-order chi connectivity index (χ1) is 35.5. The highest BCUT2D eigenvalue weighted by Gasteiger charge is 2.29. The maximum Gasteiger partial charge on any atom is 0.264 e. The Labute approximate surface area is 429 Å². The number of aryl methyl sites for hydroxylation is 2. The van der Waals surface area contributed by atoms with Crippen molar-refractivity contribution in [1.82, 2.24) is 29.9 Å². The molecule has 2 saturated heterocycles. The van der Waals surface area contributed by atoms with E-state index in [1.807, 2.05) is 19.2 Å². The SMILES string of the molecule is Cc1cc2c(c(NC3CCC(Oc4cc(N5CCOCC5)cc5ncncc45)CC3)c1)OCC2.Cc1nc2c(c(NC3CCC(OS(C)(=O)=O)CC3)n1)OCC2.Oc1cc(N2CCOCC2)cc2ncncc12.[HH].[HH]. The summed E-state index contributed by atoms with van der Waals surface area (Å²) in [6.07, 6.45) is 16.8. The summed E-state index contributed by atoms with van der Waals surface area (Å²) in [6, 6.07) is 13.2. The molecule has 2 aliphatic carbocycles. The lowest BCUT2D eigenvalue weighted by atomic mass is 9.92. The number of hydrogen-bond acceptors (Lipinski definition) is 19. The van der Waals surface area contributed by atoms with Gasteiger partial charge in [0, 0.05) is 89.9 Å². The second-order valence-corrected chi connectivity index (χ2v) is 21.2. The molecule has 2 saturated carbocycles. The predicted octanol–water partition coefficient (Wildman–Crippen LogP) is 7.60. The second-order valence-electron chi connectivity index (χ2n) is 19.6. The van der Waals surface area contributed by atoms with Crippen LogP contribution in [0.1, 0.15) is 76.9 Å². The van der Waals surface area contributed by atoms with E-state index < -0.39 is 10.1 Å². The molecule has 392 valence electrons. The Bertz CT molecular complexity index is 2990. The van der Waals surface area contributed by atoms with Gasteiger partial charge >= 0.3 is 0 Å². The number of hydrogen-bond donors (Lipinski definition) is 3. The quantitative estimate of drug-likeness (QED) is 0.113. The highest BCUT2D eigenvalue weighted by Crippen LogP contribution is 2.39. The van der Waals surface area contributed by atoms with Crippen molar-refractivity contribution in [2.75, 3.05) is 92.5 Å². The molecule has 4 aliphatic heterocycles. The molecule has 73 heavy (non-hydrogen) atoms. The number of rotatable bonds is 10. The third-order valence-electron chi connectivity index (χ3n) is 14.1. The molecule has 0 atom stereocenters. The Balaban J connectivity index is 0.000000158. The van der Waals surface area contributed by atoms with Gasteiger partial charge in [-0.2, -0.15) is 8.42 Å². The van der Waals surface area contributed by atoms with Crippen LogP contribution in [0.3, 0.4) is 0 Å². The molecular weight excluding hydrogens is 953 g/mol. The van der Waals surface area contributed by atoms with Crippen molar-refractivity contribution in [2.24, 2.45) is 0 Å². The lowest BCUT2D eigenvalue weighted by Gasteiger charge is -2.32. The van der Waals surface area contributed by atoms with Crippen molar-refractivity contribution in [1.29, 1.82) is 0 Å². The summed E-state index contributed by atoms with van der Waals surface area (Å²) < 4.78 is 56.4. The Morgan fingerprint density at radius 3 is 1.93 bits per heavy atom. The lowest BCUT2D eigenvalue weighted by molar-refractivity contribution is 0.122. The Morgan fingerprint density at radius 2 is 1.26 bits per heavy atom. The maximum atomic E-state index is 11.2. The van der Waals surface area contributed by atoms with Crippen LogP contribution >= 0.6 is 0 Å². The molecule has 4 fully saturated rings. The Kier molecular flexibility index (Phi) is 15.7. The van der Waals surface area contributed by atoms with E-state index in [0.717, 1.165) is 198 Å². The minimum Gasteiger partial charge on any atom is -0.507 e. The summed E-state index contributed by atoms with van der Waals surface area (Å²) in [4.78, 5) is 30.2. The smallest absolute Gasteiger partial charge is 0.264 e. The molecule has 0 spiro atoms. The van der Waals surface area contributed by atoms with E-state index in [-0.39, 0.29) is 26.9 Å². The van der Waals surface area contributed by atoms with Gasteiger partial charge in [0.1, 0.15) is 35.7 Å². The molecule has 0 unspecified atom stereocenters. The van der Waals surface area contributed by atoms with E-state index in [0.29, 0.717) is 18.0 Å². The highest BCUT2D eigenvalue weighted by molar-refractivity contribution is 7.86. The van der Waals surface area contributed by atoms with Crippen molar-refractivity contribution in [3.05, 3.63) is 84.1 Å². The van der Waals surface area contributed by atoms with Crippen LogP contribution in [0.15, 0.2) is 61.4 Å². The van der Waals surface area contributed by atoms with Gasteiger partial charge in [-0.15, -0.1) is 0 Å². The van der Waals surface area contributed by atoms with Crippen molar-refractivity contribution in [3.8, 4) is 23.0 Å². The number of fused-ring (bicyclic) bond motifs is 4. The zero-order valence-electron chi connectivity index (χ0n) is 41.9. The number of phenols is 1. The van der Waals surface area contributed by atoms with Gasteiger partial charge in [0.05, 0.1) is 91.3 Å². The van der Waals surface area contributed by atoms with Crippen LogP contribution < -0.4 is 34.6 Å². The molecule has 3 aromatic heterocycles. The van der Waals surface area contributed by atoms with Gasteiger partial charge in [-0.25, -0.2) is 29.9 Å². The molecule has 3 aromatic carbocycles. The summed E-state index contributed by atoms with van der Waals surface area (Å²) >= 11 is 0. The monoisotopic (exact) mass is 1020 g/mol. The van der Waals surface area contributed by atoms with Crippen molar-refractivity contribution in [2.45, 2.75) is 102 Å². The van der Waals surface area contributed by atoms with Gasteiger partial charge < -0.3 is 49.2 Å². The van der Waals surface area contributed by atoms with E-state index in [9.17, 15) is 13.5 Å². The molecule has 6 aliphatic rings. The van der Waals surface area contributed by atoms with Crippen molar-refractivity contribution in [3.63, 3.8) is 0 Å². The normalized spacial score (nSPS) is 21.6. The standard InChI is InChI=1S/C27H32N4O3.C14H21N3O4S.C12H13N3O2.2H2/c1-18-12-19-6-9-33-27(19)25(13-18)30-20-2-4-22(5-3-20)34-26-15-21(31-7-10-32-11-8-31)14-24-23(26)16-28-17-29-24;1-9-15-12-7-8-20-13(12)14(16-9)17-10-3-5-11(6-4-10)21-22(2,18)19;16-12-6-9(15-1-3-17-4-2-15)5-11-10(12)7-13-8-14-11;;/h12-17,20,22,30H,2-11H2,1H3;10-11H,3-8H2,1-2H3,(H,15,16,17);5-8,16H,1-4H2;2*1H. The number of anilines is 4. The molecule has 20 heteroatoms. The van der Waals surface area contributed by atoms with Crippen molar-refractivity contribution >= 4 is 54.8 Å². The first-order valence-electron chi connectivity index (χ1n) is 25.6. The van der Waals surface area contributed by atoms with Gasteiger partial charge in [0.2, 0.25) is 0 Å². The average molecular weight is 1020 g/mol. The number of nitrogens with one attached hydrogen (secondary N) is 2. The Hall–Kier alpha value is -6.35. The summed E-state index contributed by atoms with van der Waals surface area (Å²) in [5.74, 6) is 4.43. The molecular formula is C53H70N10O9S. The van der Waals surface area contributed by atoms with Gasteiger partial charge in [0.15, 0.2) is 11.6 Å². The summed E-state index contributed by atoms with van der Waals surface area (Å²) in [7, 11) is -3.37. The van der Waals surface area contributed by atoms with Crippen LogP contribution in [0.5, 0.6) is 23.0 Å². The number of nitrogens with zero attached hydrogens (tertiary/aromatic N) is 8. The van der Waals surface area contributed by atoms with Crippen LogP contribution in [0.25, 0.3) is 21.8 Å². The van der Waals surface area contributed by atoms with E-state index in [1.165, 1.54) is 17.5 Å². The fourth-order valence-electron chi connectivity index (χ4n) is 10.5. The average Bonchev–Trinajstić information content (AvgIpc) is 4.09. The molecule has 6 aromatic rings. The number of ether oxygens (including phenoxy) is 5. The number of aromatic hydroxyl groups is 1. The van der Waals surface area contributed by atoms with E-state index in [2.05, 4.69) is 81.5 Å². The van der Waals surface area contributed by atoms with E-state index in [4.69, 9.17) is 27.9 Å². The number of morpholine rings is 2. The van der Waals surface area contributed by atoms with Gasteiger partial charge in [-0.05, 0) is 94.5 Å². The van der Waals surface area contributed by atoms with E-state index >= 15 is 0 Å². The Morgan fingerprint density at radius 1 is 0.671 bits per heavy atom. The molecule has 19 nitrogen and oxygen atoms in total. The number of benzene rings is 3. The molecule has 0 radical (unpaired) electrons. The second kappa shape index (κ2) is 22.8. The van der Waals surface area contributed by atoms with E-state index in [1.54, 1.807) is 18.6 Å². The number of phenolic OH excluding ortho intramolecular Hbond substituents is 1. The first kappa shape index (κ1) is 50.2. The predicted molar refractivity (Wildman–Crippen MR) is 283 cm³/mol. The maximum absolute atomic E-state index is 11.2. The summed E-state index contributed by atoms with van der Waals surface area (Å²) in [5, 5.41) is 18.8. The van der Waals surface area contributed by atoms with Gasteiger partial charge in [-0.3, -0.25) is 4.18 Å². The van der Waals surface area contributed by atoms with Crippen molar-refractivity contribution < 1.29 is 44.2 Å². The van der Waals surface area contributed by atoms with Crippen LogP contribution in [0, 0.1) is 13.8 Å². The molecule has 12 rings (SSSR count). The van der Waals surface area contributed by atoms with Crippen LogP contribution in [0.4, 0.5) is 22.9 Å². The molecule has 0 amide bonds. The molecule has 3 N–H and O–H groups in total. The first-order valence-corrected chi connectivity index (χ1v) is 27.5. The fourth-order valence-corrected chi connectivity index (χ4v) is 11.2. The molecule has 0 bridgehead atoms. The minimum atomic E-state index is -3.37. The lowest BCUT2D eigenvalue weighted by Crippen LogP contribution is -2.36. The fraction of sp³-hybridized carbons (Fsp3) is 0.509.